The van der Waals surface area contributed by atoms with Crippen molar-refractivity contribution in [3.63, 3.8) is 0 Å². The van der Waals surface area contributed by atoms with Crippen LogP contribution in [0, 0.1) is 0 Å². The Morgan fingerprint density at radius 1 is 0.418 bits per heavy atom. The lowest BCUT2D eigenvalue weighted by molar-refractivity contribution is 0.0953. The first-order valence-electron chi connectivity index (χ1n) is 38.8. The average molecular weight is 1950 g/mol. The molecular formula is C87H97BBr2Cl3N13O10S6. The van der Waals surface area contributed by atoms with Gasteiger partial charge in [-0.3, -0.25) is 18.7 Å². The van der Waals surface area contributed by atoms with Crippen molar-refractivity contribution in [1.29, 1.82) is 0 Å². The number of ether oxygens (including phenoxy) is 2. The largest absolute Gasteiger partial charge is 0.494 e. The highest BCUT2D eigenvalue weighted by molar-refractivity contribution is 9.10. The van der Waals surface area contributed by atoms with Crippen molar-refractivity contribution in [2.24, 2.45) is 22.9 Å². The van der Waals surface area contributed by atoms with E-state index >= 15 is 0 Å². The molecule has 10 aromatic carbocycles. The van der Waals surface area contributed by atoms with E-state index in [1.807, 2.05) is 78.9 Å². The van der Waals surface area contributed by atoms with Gasteiger partial charge in [-0.05, 0) is 277 Å². The van der Waals surface area contributed by atoms with Crippen LogP contribution < -0.4 is 59.1 Å². The van der Waals surface area contributed by atoms with Crippen LogP contribution in [0.15, 0.2) is 246 Å². The normalized spacial score (nSPS) is 10.5. The van der Waals surface area contributed by atoms with Crippen molar-refractivity contribution < 1.29 is 46.6 Å². The van der Waals surface area contributed by atoms with Gasteiger partial charge in [0.05, 0.1) is 36.7 Å². The Hall–Kier alpha value is -8.69. The highest BCUT2D eigenvalue weighted by Gasteiger charge is 2.13. The van der Waals surface area contributed by atoms with Crippen LogP contribution >= 0.6 is 124 Å². The lowest BCUT2D eigenvalue weighted by Crippen LogP contribution is -2.29. The topological polar surface area (TPSA) is 384 Å². The highest BCUT2D eigenvalue weighted by Crippen LogP contribution is 2.35. The predicted octanol–water partition coefficient (Wildman–Crippen LogP) is 20.8. The number of hydrogen-bond acceptors (Lipinski definition) is 25. The van der Waals surface area contributed by atoms with Gasteiger partial charge in [0.2, 0.25) is 0 Å². The molecule has 0 aliphatic rings. The zero-order chi connectivity index (χ0) is 87.9. The molecule has 15 aromatic rings. The summed E-state index contributed by atoms with van der Waals surface area (Å²) in [4.78, 5) is 23.1. The summed E-state index contributed by atoms with van der Waals surface area (Å²) in [7, 11) is -6.01. The molecule has 0 bridgehead atoms. The minimum absolute atomic E-state index is 0.0679. The van der Waals surface area contributed by atoms with Crippen molar-refractivity contribution in [3.8, 4) is 33.8 Å². The summed E-state index contributed by atoms with van der Waals surface area (Å²) < 4.78 is 72.1. The van der Waals surface area contributed by atoms with E-state index in [0.29, 0.717) is 59.7 Å². The van der Waals surface area contributed by atoms with Gasteiger partial charge in [-0.1, -0.05) is 203 Å². The lowest BCUT2D eigenvalue weighted by Gasteiger charge is -2.08. The fraction of sp³-hybridized carbons (Fsp3) is 0.230. The van der Waals surface area contributed by atoms with E-state index in [9.17, 15) is 9.59 Å². The lowest BCUT2D eigenvalue weighted by atomic mass is 9.81. The maximum Gasteiger partial charge on any atom is 0.488 e. The second-order valence-electron chi connectivity index (χ2n) is 26.0. The first-order chi connectivity index (χ1) is 59.0. The van der Waals surface area contributed by atoms with Crippen molar-refractivity contribution in [1.82, 2.24) is 27.2 Å². The summed E-state index contributed by atoms with van der Waals surface area (Å²) in [5.41, 5.74) is 27.6. The summed E-state index contributed by atoms with van der Waals surface area (Å²) in [6.45, 7) is 11.6. The first kappa shape index (κ1) is 100. The summed E-state index contributed by atoms with van der Waals surface area (Å²) >= 11 is 31.1. The molecule has 0 saturated heterocycles. The first-order valence-corrected chi connectivity index (χ1v) is 46.7. The molecule has 122 heavy (non-hydrogen) atoms. The fourth-order valence-corrected chi connectivity index (χ4v) is 15.6. The van der Waals surface area contributed by atoms with E-state index in [-0.39, 0.29) is 5.91 Å². The second-order valence-corrected chi connectivity index (χ2v) is 33.8. The molecule has 0 spiro atoms. The number of rotatable bonds is 28. The average Bonchev–Trinajstić information content (AvgIpc) is 1.66. The van der Waals surface area contributed by atoms with Gasteiger partial charge in [-0.2, -0.15) is 30.3 Å². The van der Waals surface area contributed by atoms with Crippen LogP contribution in [0.4, 0.5) is 17.5 Å². The molecule has 0 unspecified atom stereocenters. The molecule has 0 aliphatic heterocycles. The molecule has 5 heterocycles. The third kappa shape index (κ3) is 36.2. The molecule has 23 nitrogen and oxygen atoms in total. The molecule has 0 saturated carbocycles. The SMILES string of the molecule is CCCCOc1ccc(C(=O)Cl)cc1.CCCCOc1ccc(C(=O)NCCCNc2nsc3ccc(-c4ccccc4)cc23)cc1.Clc1nsc2ccc(Br)cc12.Clc1nsc2ccccc12.NCCCN.NCCCNc1nsc2ccc(-c3ccccc3)cc12.NCCCNc1nsc2ccc(Br)cc12.O=S(=O)(O)O.OB(O)c1ccccc1. The summed E-state index contributed by atoms with van der Waals surface area (Å²) in [6, 6.07) is 76.6. The van der Waals surface area contributed by atoms with E-state index in [4.69, 9.17) is 94.8 Å². The maximum atomic E-state index is 12.4. The van der Waals surface area contributed by atoms with Gasteiger partial charge in [-0.15, -0.1) is 0 Å². The molecule has 1 amide bonds. The maximum absolute atomic E-state index is 12.4. The van der Waals surface area contributed by atoms with Gasteiger partial charge in [-0.25, -0.2) is 0 Å². The number of aromatic nitrogens is 5. The fourth-order valence-electron chi connectivity index (χ4n) is 10.5. The van der Waals surface area contributed by atoms with Crippen molar-refractivity contribution >= 4 is 226 Å². The molecular weight excluding hydrogens is 1860 g/mol. The highest BCUT2D eigenvalue weighted by atomic mass is 79.9. The van der Waals surface area contributed by atoms with Crippen LogP contribution in [-0.4, -0.2) is 133 Å². The van der Waals surface area contributed by atoms with Crippen molar-refractivity contribution in [2.75, 3.05) is 81.5 Å². The summed E-state index contributed by atoms with van der Waals surface area (Å²) in [5, 5.41) is 36.5. The van der Waals surface area contributed by atoms with E-state index in [2.05, 4.69) is 186 Å². The Morgan fingerprint density at radius 2 is 0.779 bits per heavy atom. The quantitative estimate of drug-likeness (QED) is 0.00938. The van der Waals surface area contributed by atoms with E-state index in [0.717, 1.165) is 152 Å². The number of nitrogens with one attached hydrogen (secondary N) is 4. The van der Waals surface area contributed by atoms with Gasteiger partial charge >= 0.3 is 17.5 Å². The van der Waals surface area contributed by atoms with Gasteiger partial charge in [0.1, 0.15) is 29.0 Å². The number of amides is 1. The number of unbranched alkanes of at least 4 members (excludes halogenated alkanes) is 2. The monoisotopic (exact) mass is 1950 g/mol. The van der Waals surface area contributed by atoms with Crippen LogP contribution in [0.3, 0.4) is 0 Å². The number of anilines is 3. The molecule has 0 atom stereocenters. The van der Waals surface area contributed by atoms with Crippen LogP contribution in [-0.2, 0) is 10.4 Å². The third-order valence-electron chi connectivity index (χ3n) is 16.8. The van der Waals surface area contributed by atoms with E-state index in [1.165, 1.54) is 100 Å². The number of benzene rings is 10. The molecule has 16 N–H and O–H groups in total. The Balaban J connectivity index is 0.000000201. The Morgan fingerprint density at radius 3 is 1.18 bits per heavy atom. The van der Waals surface area contributed by atoms with Gasteiger partial charge in [0, 0.05) is 73.2 Å². The molecule has 35 heteroatoms. The number of nitrogens with zero attached hydrogens (tertiary/aromatic N) is 5. The number of nitrogens with two attached hydrogens (primary N) is 4. The zero-order valence-electron chi connectivity index (χ0n) is 66.9. The molecule has 0 fully saturated rings. The smallest absolute Gasteiger partial charge is 0.488 e. The minimum Gasteiger partial charge on any atom is -0.494 e. The molecule has 644 valence electrons. The number of carbonyl (C=O) groups excluding carboxylic acids is 2. The van der Waals surface area contributed by atoms with Crippen LogP contribution in [0.2, 0.25) is 10.3 Å². The van der Waals surface area contributed by atoms with Crippen LogP contribution in [0.25, 0.3) is 72.7 Å². The number of carbonyl (C=O) groups is 2. The summed E-state index contributed by atoms with van der Waals surface area (Å²) in [6.07, 6.45) is 7.95. The molecule has 0 aliphatic carbocycles. The van der Waals surface area contributed by atoms with Gasteiger partial charge in [0.25, 0.3) is 11.1 Å². The van der Waals surface area contributed by atoms with E-state index < -0.39 is 22.8 Å². The van der Waals surface area contributed by atoms with Crippen molar-refractivity contribution in [3.05, 3.63) is 267 Å². The van der Waals surface area contributed by atoms with E-state index in [1.54, 1.807) is 60.7 Å². The molecule has 15 rings (SSSR count). The predicted molar refractivity (Wildman–Crippen MR) is 521 cm³/mol. The Kier molecular flexibility index (Phi) is 46.3. The number of fused-ring (bicyclic) bond motifs is 5. The number of halogens is 5. The minimum atomic E-state index is -4.67. The second kappa shape index (κ2) is 56.2. The van der Waals surface area contributed by atoms with Gasteiger partial charge in [0.15, 0.2) is 10.3 Å². The Bertz CT molecular complexity index is 5650. The standard InChI is InChI=1S/C27H29N3O2S.C16H17N3S.C11H13ClO2.C10H12BrN3S.C7H3BrClNS.C7H4ClNS.C6H7BO2.C3H10N2.H2O4S/c1-2-3-18-32-23-13-10-21(11-14-23)27(31)29-17-7-16-28-26-24-19-22(12-15-25(24)33-30-26)20-8-5-4-6-9-20;17-9-4-10-18-16-14-11-13(7-8-15(14)20-19-16)12-5-2-1-3-6-12;1-2-3-8-14-10-6-4-9(5-7-10)11(12)13;11-7-2-3-9-8(6-7)10(14-15-9)13-5-1-4-12;8-4-1-2-6-5(3-4)7(9)10-11-6;8-7-5-3-1-2-4-6(5)10-9-7;8-7(9)6-4-2-1-3-5-6;4-2-1-3-5;1-5(2,3)4/h4-6,8-15,19H,2-3,7,16-18H2,1H3,(H,28,30)(H,29,31);1-3,5-8,11H,4,9-10,17H2,(H,18,19);4-7H,2-3,8H2,1H3;2-3,6H,1,4-5,12H2,(H,13,14);1-3H;1-4H;1-5,8-9H;1-5H2;(H2,1,2,3,4). The number of hydrogen-bond donors (Lipinski definition) is 12. The third-order valence-corrected chi connectivity index (χ3v) is 22.9. The van der Waals surface area contributed by atoms with Crippen LogP contribution in [0.1, 0.15) is 85.9 Å². The Labute approximate surface area is 763 Å². The van der Waals surface area contributed by atoms with Crippen molar-refractivity contribution in [2.45, 2.75) is 65.2 Å². The molecule has 0 radical (unpaired) electrons. The zero-order valence-corrected chi connectivity index (χ0v) is 77.3. The van der Waals surface area contributed by atoms with Crippen LogP contribution in [0.5, 0.6) is 11.5 Å². The molecule has 5 aromatic heterocycles. The summed E-state index contributed by atoms with van der Waals surface area (Å²) in [5.74, 6) is 4.34. The van der Waals surface area contributed by atoms with Gasteiger partial charge < -0.3 is 63.7 Å².